The van der Waals surface area contributed by atoms with Gasteiger partial charge in [0.1, 0.15) is 0 Å². The van der Waals surface area contributed by atoms with Gasteiger partial charge in [0, 0.05) is 16.3 Å². The number of nitrogens with one attached hydrogen (secondary N) is 1. The Kier molecular flexibility index (Phi) is 2.93. The first kappa shape index (κ1) is 13.9. The summed E-state index contributed by atoms with van der Waals surface area (Å²) in [5, 5.41) is 30.7. The van der Waals surface area contributed by atoms with Crippen molar-refractivity contribution in [1.29, 1.82) is 10.5 Å². The first-order valence-electron chi connectivity index (χ1n) is 5.51. The molecule has 7 heteroatoms. The summed E-state index contributed by atoms with van der Waals surface area (Å²) in [6.45, 7) is 1.06. The average molecular weight is 290 g/mol. The Morgan fingerprint density at radius 3 is 2.65 bits per heavy atom. The number of halogens is 1. The Hall–Kier alpha value is -2.57. The zero-order valence-corrected chi connectivity index (χ0v) is 11.0. The van der Waals surface area contributed by atoms with Gasteiger partial charge in [0.25, 0.3) is 5.91 Å². The number of aliphatic carboxylic acids is 1. The highest BCUT2D eigenvalue weighted by atomic mass is 35.5. The Bertz CT molecular complexity index is 719. The molecule has 1 aromatic carbocycles. The molecule has 0 aromatic heterocycles. The van der Waals surface area contributed by atoms with Crippen molar-refractivity contribution in [2.75, 3.05) is 5.32 Å². The largest absolute Gasteiger partial charge is 0.480 e. The fraction of sp³-hybridized carbons (Fsp3) is 0.231. The fourth-order valence-electron chi connectivity index (χ4n) is 2.30. The van der Waals surface area contributed by atoms with E-state index in [0.717, 1.165) is 6.92 Å². The summed E-state index contributed by atoms with van der Waals surface area (Å²) in [6, 6.07) is 7.53. The lowest BCUT2D eigenvalue weighted by Crippen LogP contribution is -2.51. The molecule has 0 bridgehead atoms. The van der Waals surface area contributed by atoms with Crippen LogP contribution in [-0.4, -0.2) is 17.0 Å². The van der Waals surface area contributed by atoms with E-state index >= 15 is 0 Å². The number of fused-ring (bicyclic) bond motifs is 1. The highest BCUT2D eigenvalue weighted by Crippen LogP contribution is 2.49. The molecule has 0 saturated heterocycles. The number of carbonyl (C=O) groups is 2. The molecule has 2 rings (SSSR count). The van der Waals surface area contributed by atoms with E-state index in [2.05, 4.69) is 5.32 Å². The van der Waals surface area contributed by atoms with Crippen LogP contribution in [0.3, 0.4) is 0 Å². The number of rotatable bonds is 2. The summed E-state index contributed by atoms with van der Waals surface area (Å²) >= 11 is 5.80. The Morgan fingerprint density at radius 2 is 2.15 bits per heavy atom. The number of carboxylic acid groups (broad SMARTS) is 1. The summed E-state index contributed by atoms with van der Waals surface area (Å²) in [5.41, 5.74) is -3.95. The number of nitrogens with zero attached hydrogens (tertiary/aromatic N) is 2. The minimum Gasteiger partial charge on any atom is -0.480 e. The molecule has 2 atom stereocenters. The van der Waals surface area contributed by atoms with Crippen molar-refractivity contribution >= 4 is 29.2 Å². The van der Waals surface area contributed by atoms with Crippen LogP contribution in [0.4, 0.5) is 5.69 Å². The predicted octanol–water partition coefficient (Wildman–Crippen LogP) is 1.67. The molecule has 100 valence electrons. The molecule has 2 unspecified atom stereocenters. The number of anilines is 1. The van der Waals surface area contributed by atoms with Gasteiger partial charge in [-0.25, -0.2) is 0 Å². The first-order valence-corrected chi connectivity index (χ1v) is 5.88. The van der Waals surface area contributed by atoms with E-state index < -0.39 is 22.7 Å². The van der Waals surface area contributed by atoms with E-state index in [9.17, 15) is 25.2 Å². The third kappa shape index (κ3) is 1.43. The molecule has 0 aliphatic carbocycles. The second-order valence-corrected chi connectivity index (χ2v) is 4.98. The van der Waals surface area contributed by atoms with Crippen LogP contribution in [0.15, 0.2) is 18.2 Å². The molecule has 6 nitrogen and oxygen atoms in total. The lowest BCUT2D eigenvalue weighted by molar-refractivity contribution is -0.149. The molecule has 0 saturated carbocycles. The number of carboxylic acids is 1. The van der Waals surface area contributed by atoms with Gasteiger partial charge in [-0.3, -0.25) is 9.59 Å². The molecule has 0 fully saturated rings. The highest BCUT2D eigenvalue weighted by molar-refractivity contribution is 6.31. The second kappa shape index (κ2) is 4.22. The van der Waals surface area contributed by atoms with E-state index in [1.54, 1.807) is 12.1 Å². The molecule has 0 spiro atoms. The van der Waals surface area contributed by atoms with Gasteiger partial charge in [0.2, 0.25) is 0 Å². The SMILES string of the molecule is CC(C#N)(C(=O)O)C1(C#N)C(=O)Nc2cc(Cl)ccc21. The Labute approximate surface area is 119 Å². The maximum Gasteiger partial charge on any atom is 0.326 e. The summed E-state index contributed by atoms with van der Waals surface area (Å²) < 4.78 is 0. The van der Waals surface area contributed by atoms with Crippen LogP contribution in [0, 0.1) is 28.1 Å². The van der Waals surface area contributed by atoms with Crippen molar-refractivity contribution in [3.63, 3.8) is 0 Å². The van der Waals surface area contributed by atoms with Crippen LogP contribution in [0.5, 0.6) is 0 Å². The van der Waals surface area contributed by atoms with Crippen LogP contribution < -0.4 is 5.32 Å². The summed E-state index contributed by atoms with van der Waals surface area (Å²) in [7, 11) is 0. The summed E-state index contributed by atoms with van der Waals surface area (Å²) in [6.07, 6.45) is 0. The number of hydrogen-bond acceptors (Lipinski definition) is 4. The van der Waals surface area contributed by atoms with Crippen molar-refractivity contribution in [1.82, 2.24) is 0 Å². The van der Waals surface area contributed by atoms with Gasteiger partial charge in [-0.2, -0.15) is 10.5 Å². The van der Waals surface area contributed by atoms with E-state index in [4.69, 9.17) is 11.6 Å². The van der Waals surface area contributed by atoms with Gasteiger partial charge < -0.3 is 10.4 Å². The Morgan fingerprint density at radius 1 is 1.50 bits per heavy atom. The predicted molar refractivity (Wildman–Crippen MR) is 68.7 cm³/mol. The molecular weight excluding hydrogens is 282 g/mol. The second-order valence-electron chi connectivity index (χ2n) is 4.55. The Balaban J connectivity index is 2.84. The third-order valence-electron chi connectivity index (χ3n) is 3.54. The van der Waals surface area contributed by atoms with Crippen molar-refractivity contribution in [3.05, 3.63) is 28.8 Å². The van der Waals surface area contributed by atoms with Gasteiger partial charge in [-0.1, -0.05) is 17.7 Å². The number of benzene rings is 1. The van der Waals surface area contributed by atoms with Gasteiger partial charge >= 0.3 is 5.97 Å². The van der Waals surface area contributed by atoms with Crippen molar-refractivity contribution in [2.45, 2.75) is 12.3 Å². The maximum atomic E-state index is 12.2. The molecule has 1 aliphatic rings. The number of hydrogen-bond donors (Lipinski definition) is 2. The van der Waals surface area contributed by atoms with E-state index in [0.29, 0.717) is 5.02 Å². The standard InChI is InChI=1S/C13H8ClN3O3/c1-12(5-15,11(19)20)13(6-16)8-3-2-7(14)4-9(8)17-10(13)18/h2-4H,1H3,(H,17,18)(H,19,20). The van der Waals surface area contributed by atoms with Crippen molar-refractivity contribution in [3.8, 4) is 12.1 Å². The normalized spacial score (nSPS) is 22.9. The van der Waals surface area contributed by atoms with Crippen LogP contribution in [0.1, 0.15) is 12.5 Å². The third-order valence-corrected chi connectivity index (χ3v) is 3.78. The number of carbonyl (C=O) groups excluding carboxylic acids is 1. The molecule has 1 heterocycles. The van der Waals surface area contributed by atoms with E-state index in [1.807, 2.05) is 0 Å². The minimum absolute atomic E-state index is 0.140. The topological polar surface area (TPSA) is 114 Å². The zero-order chi connectivity index (χ0) is 15.1. The zero-order valence-electron chi connectivity index (χ0n) is 10.3. The van der Waals surface area contributed by atoms with Crippen LogP contribution in [-0.2, 0) is 15.0 Å². The fourth-order valence-corrected chi connectivity index (χ4v) is 2.47. The number of amides is 1. The van der Waals surface area contributed by atoms with E-state index in [1.165, 1.54) is 18.2 Å². The minimum atomic E-state index is -2.22. The lowest BCUT2D eigenvalue weighted by atomic mass is 9.62. The maximum absolute atomic E-state index is 12.2. The smallest absolute Gasteiger partial charge is 0.326 e. The van der Waals surface area contributed by atoms with E-state index in [-0.39, 0.29) is 11.3 Å². The van der Waals surface area contributed by atoms with Gasteiger partial charge in [-0.15, -0.1) is 0 Å². The summed E-state index contributed by atoms with van der Waals surface area (Å²) in [4.78, 5) is 23.7. The quantitative estimate of drug-likeness (QED) is 0.859. The lowest BCUT2D eigenvalue weighted by Gasteiger charge is -2.30. The van der Waals surface area contributed by atoms with Crippen LogP contribution >= 0.6 is 11.6 Å². The highest BCUT2D eigenvalue weighted by Gasteiger charge is 2.64. The van der Waals surface area contributed by atoms with Crippen molar-refractivity contribution < 1.29 is 14.7 Å². The molecular formula is C13H8ClN3O3. The first-order chi connectivity index (χ1) is 9.33. The van der Waals surface area contributed by atoms with Gasteiger partial charge in [-0.05, 0) is 19.1 Å². The van der Waals surface area contributed by atoms with Gasteiger partial charge in [0.05, 0.1) is 12.1 Å². The monoisotopic (exact) mass is 289 g/mol. The molecule has 0 radical (unpaired) electrons. The summed E-state index contributed by atoms with van der Waals surface area (Å²) in [5.74, 6) is -2.39. The molecule has 1 aromatic rings. The van der Waals surface area contributed by atoms with Gasteiger partial charge in [0.15, 0.2) is 10.8 Å². The molecule has 1 aliphatic heterocycles. The molecule has 1 amide bonds. The average Bonchev–Trinajstić information content (AvgIpc) is 2.69. The number of nitriles is 2. The van der Waals surface area contributed by atoms with Crippen LogP contribution in [0.2, 0.25) is 5.02 Å². The molecule has 2 N–H and O–H groups in total. The van der Waals surface area contributed by atoms with Crippen molar-refractivity contribution in [2.24, 2.45) is 5.41 Å². The van der Waals surface area contributed by atoms with Crippen LogP contribution in [0.25, 0.3) is 0 Å². The molecule has 20 heavy (non-hydrogen) atoms.